The van der Waals surface area contributed by atoms with Gasteiger partial charge in [-0.05, 0) is 25.0 Å². The number of fused-ring (bicyclic) bond motifs is 1. The van der Waals surface area contributed by atoms with Crippen molar-refractivity contribution in [2.24, 2.45) is 0 Å². The minimum Gasteiger partial charge on any atom is -0.465 e. The number of hydrogen-bond donors (Lipinski definition) is 0. The average molecular weight is 279 g/mol. The molecular weight excluding hydrogens is 264 g/mol. The third-order valence-electron chi connectivity index (χ3n) is 3.79. The Morgan fingerprint density at radius 1 is 1.47 bits per heavy atom. The van der Waals surface area contributed by atoms with E-state index in [-0.39, 0.29) is 5.97 Å². The Labute approximate surface area is 116 Å². The molecule has 0 unspecified atom stereocenters. The van der Waals surface area contributed by atoms with Gasteiger partial charge in [0.1, 0.15) is 10.8 Å². The summed E-state index contributed by atoms with van der Waals surface area (Å²) in [6, 6.07) is 3.88. The van der Waals surface area contributed by atoms with Gasteiger partial charge in [-0.15, -0.1) is 0 Å². The third-order valence-corrected chi connectivity index (χ3v) is 4.08. The van der Waals surface area contributed by atoms with Crippen LogP contribution in [0.3, 0.4) is 0 Å². The number of ether oxygens (including phenoxy) is 1. The van der Waals surface area contributed by atoms with Crippen molar-refractivity contribution in [3.8, 4) is 0 Å². The maximum Gasteiger partial charge on any atom is 0.338 e. The van der Waals surface area contributed by atoms with Gasteiger partial charge < -0.3 is 9.30 Å². The standard InChI is InChI=1S/C14H15ClN2O2/c1-19-14(18)10-6-7-16-13-11(10)8-12(15)17(13)9-4-2-3-5-9/h6-9H,2-5H2,1H3. The summed E-state index contributed by atoms with van der Waals surface area (Å²) in [6.45, 7) is 0. The van der Waals surface area contributed by atoms with Crippen molar-refractivity contribution in [1.82, 2.24) is 9.55 Å². The van der Waals surface area contributed by atoms with E-state index in [0.29, 0.717) is 16.8 Å². The summed E-state index contributed by atoms with van der Waals surface area (Å²) in [4.78, 5) is 16.2. The van der Waals surface area contributed by atoms with Crippen molar-refractivity contribution in [1.29, 1.82) is 0 Å². The molecule has 5 heteroatoms. The first kappa shape index (κ1) is 12.5. The summed E-state index contributed by atoms with van der Waals surface area (Å²) in [5.41, 5.74) is 1.30. The summed E-state index contributed by atoms with van der Waals surface area (Å²) in [7, 11) is 1.38. The smallest absolute Gasteiger partial charge is 0.338 e. The minimum atomic E-state index is -0.354. The van der Waals surface area contributed by atoms with E-state index >= 15 is 0 Å². The number of methoxy groups -OCH3 is 1. The number of aromatic nitrogens is 2. The molecule has 0 atom stereocenters. The molecule has 1 saturated carbocycles. The molecule has 100 valence electrons. The van der Waals surface area contributed by atoms with Crippen molar-refractivity contribution in [3.05, 3.63) is 29.0 Å². The maximum atomic E-state index is 11.8. The van der Waals surface area contributed by atoms with Gasteiger partial charge in [0.05, 0.1) is 12.7 Å². The summed E-state index contributed by atoms with van der Waals surface area (Å²) >= 11 is 6.34. The molecule has 1 fully saturated rings. The summed E-state index contributed by atoms with van der Waals surface area (Å²) in [6.07, 6.45) is 6.31. The maximum absolute atomic E-state index is 11.8. The van der Waals surface area contributed by atoms with E-state index in [9.17, 15) is 4.79 Å². The monoisotopic (exact) mass is 278 g/mol. The van der Waals surface area contributed by atoms with E-state index in [1.54, 1.807) is 12.3 Å². The van der Waals surface area contributed by atoms with Crippen LogP contribution in [0.1, 0.15) is 42.1 Å². The Morgan fingerprint density at radius 2 is 2.21 bits per heavy atom. The van der Waals surface area contributed by atoms with Crippen LogP contribution >= 0.6 is 11.6 Å². The Balaban J connectivity index is 2.19. The van der Waals surface area contributed by atoms with Gasteiger partial charge in [-0.3, -0.25) is 0 Å². The number of pyridine rings is 1. The van der Waals surface area contributed by atoms with Crippen LogP contribution in [0, 0.1) is 0 Å². The first-order valence-corrected chi connectivity index (χ1v) is 6.84. The van der Waals surface area contributed by atoms with Gasteiger partial charge in [0.15, 0.2) is 0 Å². The molecule has 2 aromatic rings. The van der Waals surface area contributed by atoms with Gasteiger partial charge in [0.2, 0.25) is 0 Å². The minimum absolute atomic E-state index is 0.354. The van der Waals surface area contributed by atoms with Crippen LogP contribution in [-0.4, -0.2) is 22.6 Å². The fourth-order valence-electron chi connectivity index (χ4n) is 2.88. The lowest BCUT2D eigenvalue weighted by Crippen LogP contribution is -2.06. The van der Waals surface area contributed by atoms with Crippen LogP contribution < -0.4 is 0 Å². The van der Waals surface area contributed by atoms with E-state index in [1.807, 2.05) is 6.07 Å². The zero-order valence-electron chi connectivity index (χ0n) is 10.7. The molecule has 4 nitrogen and oxygen atoms in total. The molecule has 0 bridgehead atoms. The SMILES string of the molecule is COC(=O)c1ccnc2c1cc(Cl)n2C1CCCC1. The molecule has 1 aliphatic rings. The van der Waals surface area contributed by atoms with E-state index in [2.05, 4.69) is 9.55 Å². The molecule has 3 rings (SSSR count). The van der Waals surface area contributed by atoms with Crippen LogP contribution in [0.25, 0.3) is 11.0 Å². The van der Waals surface area contributed by atoms with E-state index in [4.69, 9.17) is 16.3 Å². The zero-order valence-corrected chi connectivity index (χ0v) is 11.5. The van der Waals surface area contributed by atoms with Gasteiger partial charge in [-0.25, -0.2) is 9.78 Å². The molecule has 0 saturated heterocycles. The molecule has 0 radical (unpaired) electrons. The Hall–Kier alpha value is -1.55. The van der Waals surface area contributed by atoms with Gasteiger partial charge >= 0.3 is 5.97 Å². The predicted molar refractivity (Wildman–Crippen MR) is 73.6 cm³/mol. The van der Waals surface area contributed by atoms with Crippen LogP contribution in [0.4, 0.5) is 0 Å². The van der Waals surface area contributed by atoms with Crippen molar-refractivity contribution in [2.45, 2.75) is 31.7 Å². The third kappa shape index (κ3) is 2.00. The fourth-order valence-corrected chi connectivity index (χ4v) is 3.21. The average Bonchev–Trinajstić information content (AvgIpc) is 3.03. The van der Waals surface area contributed by atoms with Crippen molar-refractivity contribution in [3.63, 3.8) is 0 Å². The molecule has 0 N–H and O–H groups in total. The first-order valence-electron chi connectivity index (χ1n) is 6.46. The molecule has 19 heavy (non-hydrogen) atoms. The largest absolute Gasteiger partial charge is 0.465 e. The normalized spacial score (nSPS) is 16.1. The Bertz CT molecular complexity index is 630. The lowest BCUT2D eigenvalue weighted by molar-refractivity contribution is 0.0603. The number of hydrogen-bond acceptors (Lipinski definition) is 3. The number of rotatable bonds is 2. The lowest BCUT2D eigenvalue weighted by atomic mass is 10.2. The second-order valence-corrected chi connectivity index (χ2v) is 5.25. The highest BCUT2D eigenvalue weighted by Crippen LogP contribution is 2.36. The molecular formula is C14H15ClN2O2. The molecule has 0 aromatic carbocycles. The number of nitrogens with zero attached hydrogens (tertiary/aromatic N) is 2. The van der Waals surface area contributed by atoms with Gasteiger partial charge in [-0.1, -0.05) is 24.4 Å². The topological polar surface area (TPSA) is 44.1 Å². The van der Waals surface area contributed by atoms with E-state index in [0.717, 1.165) is 23.9 Å². The zero-order chi connectivity index (χ0) is 13.4. The van der Waals surface area contributed by atoms with Gasteiger partial charge in [-0.2, -0.15) is 0 Å². The van der Waals surface area contributed by atoms with Crippen LogP contribution in [-0.2, 0) is 4.74 Å². The van der Waals surface area contributed by atoms with Crippen LogP contribution in [0.15, 0.2) is 18.3 Å². The number of carbonyl (C=O) groups is 1. The van der Waals surface area contributed by atoms with Gasteiger partial charge in [0.25, 0.3) is 0 Å². The van der Waals surface area contributed by atoms with E-state index in [1.165, 1.54) is 20.0 Å². The predicted octanol–water partition coefficient (Wildman–Crippen LogP) is 3.59. The summed E-state index contributed by atoms with van der Waals surface area (Å²) in [5.74, 6) is -0.354. The molecule has 0 aliphatic heterocycles. The highest BCUT2D eigenvalue weighted by atomic mass is 35.5. The quantitative estimate of drug-likeness (QED) is 0.789. The highest BCUT2D eigenvalue weighted by Gasteiger charge is 2.23. The summed E-state index contributed by atoms with van der Waals surface area (Å²) in [5, 5.41) is 1.41. The lowest BCUT2D eigenvalue weighted by Gasteiger charge is -2.14. The molecule has 0 spiro atoms. The molecule has 0 amide bonds. The number of carbonyl (C=O) groups excluding carboxylic acids is 1. The first-order chi connectivity index (χ1) is 9.22. The van der Waals surface area contributed by atoms with Crippen molar-refractivity contribution in [2.75, 3.05) is 7.11 Å². The Morgan fingerprint density at radius 3 is 2.89 bits per heavy atom. The molecule has 2 heterocycles. The molecule has 1 aliphatic carbocycles. The fraction of sp³-hybridized carbons (Fsp3) is 0.429. The second kappa shape index (κ2) is 4.85. The van der Waals surface area contributed by atoms with Crippen molar-refractivity contribution >= 4 is 28.6 Å². The second-order valence-electron chi connectivity index (χ2n) is 4.86. The highest BCUT2D eigenvalue weighted by molar-refractivity contribution is 6.31. The van der Waals surface area contributed by atoms with Crippen LogP contribution in [0.5, 0.6) is 0 Å². The number of halogens is 1. The summed E-state index contributed by atoms with van der Waals surface area (Å²) < 4.78 is 6.85. The number of esters is 1. The van der Waals surface area contributed by atoms with Crippen LogP contribution in [0.2, 0.25) is 5.15 Å². The Kier molecular flexibility index (Phi) is 3.19. The van der Waals surface area contributed by atoms with Crippen molar-refractivity contribution < 1.29 is 9.53 Å². The van der Waals surface area contributed by atoms with Gasteiger partial charge in [0, 0.05) is 17.6 Å². The van der Waals surface area contributed by atoms with E-state index < -0.39 is 0 Å². The molecule has 2 aromatic heterocycles.